The van der Waals surface area contributed by atoms with Crippen molar-refractivity contribution in [3.8, 4) is 0 Å². The van der Waals surface area contributed by atoms with Crippen LogP contribution < -0.4 is 0 Å². The van der Waals surface area contributed by atoms with E-state index in [1.807, 2.05) is 0 Å². The molecule has 4 nitrogen and oxygen atoms in total. The van der Waals surface area contributed by atoms with E-state index in [9.17, 15) is 10.1 Å². The lowest BCUT2D eigenvalue weighted by atomic mass is 10.5. The monoisotopic (exact) mass is 183 g/mol. The smallest absolute Gasteiger partial charge is 0.294 e. The molecule has 0 saturated heterocycles. The lowest BCUT2D eigenvalue weighted by Crippen LogP contribution is -2.01. The van der Waals surface area contributed by atoms with E-state index in [0.717, 1.165) is 5.33 Å². The van der Waals surface area contributed by atoms with Crippen molar-refractivity contribution < 1.29 is 9.92 Å². The number of hydrogen-bond acceptors (Lipinski definition) is 3. The molecule has 0 saturated carbocycles. The quantitative estimate of drug-likeness (QED) is 0.283. The van der Waals surface area contributed by atoms with Crippen molar-refractivity contribution in [3.63, 3.8) is 0 Å². The lowest BCUT2D eigenvalue weighted by molar-refractivity contribution is -0.757. The van der Waals surface area contributed by atoms with Crippen molar-refractivity contribution in [2.24, 2.45) is 0 Å². The molecule has 0 aliphatic carbocycles. The number of nitrogens with zero attached hydrogens (tertiary/aromatic N) is 1. The first-order valence-electron chi connectivity index (χ1n) is 2.10. The summed E-state index contributed by atoms with van der Waals surface area (Å²) >= 11 is 3.10. The van der Waals surface area contributed by atoms with Gasteiger partial charge in [-0.3, -0.25) is 0 Å². The fourth-order valence-electron chi connectivity index (χ4n) is 0.194. The van der Waals surface area contributed by atoms with Crippen LogP contribution in [0.3, 0.4) is 0 Å². The molecule has 0 aromatic rings. The van der Waals surface area contributed by atoms with Gasteiger partial charge in [0.15, 0.2) is 0 Å². The second-order valence-electron chi connectivity index (χ2n) is 1.10. The standard InChI is InChI=1S/C3H6BrNO3/c4-2-1-3-8-5(6)7/h1-3H2. The predicted molar refractivity (Wildman–Crippen MR) is 31.4 cm³/mol. The van der Waals surface area contributed by atoms with Crippen LogP contribution in [0.25, 0.3) is 0 Å². The van der Waals surface area contributed by atoms with Gasteiger partial charge in [-0.2, -0.15) is 0 Å². The third-order valence-corrected chi connectivity index (χ3v) is 1.04. The van der Waals surface area contributed by atoms with Crippen LogP contribution in [-0.4, -0.2) is 17.0 Å². The highest BCUT2D eigenvalue weighted by atomic mass is 79.9. The van der Waals surface area contributed by atoms with Crippen molar-refractivity contribution in [2.45, 2.75) is 6.42 Å². The number of halogens is 1. The van der Waals surface area contributed by atoms with Gasteiger partial charge in [0.2, 0.25) is 0 Å². The van der Waals surface area contributed by atoms with Gasteiger partial charge in [-0.1, -0.05) is 15.9 Å². The van der Waals surface area contributed by atoms with E-state index in [4.69, 9.17) is 0 Å². The highest BCUT2D eigenvalue weighted by molar-refractivity contribution is 9.09. The molecule has 0 aromatic heterocycles. The van der Waals surface area contributed by atoms with E-state index in [-0.39, 0.29) is 6.61 Å². The van der Waals surface area contributed by atoms with Gasteiger partial charge in [-0.15, -0.1) is 10.1 Å². The molecule has 0 radical (unpaired) electrons. The first-order valence-corrected chi connectivity index (χ1v) is 3.23. The minimum absolute atomic E-state index is 0.179. The topological polar surface area (TPSA) is 52.4 Å². The van der Waals surface area contributed by atoms with Gasteiger partial charge in [0.25, 0.3) is 5.09 Å². The first-order chi connectivity index (χ1) is 3.77. The second-order valence-corrected chi connectivity index (χ2v) is 1.89. The maximum atomic E-state index is 9.44. The van der Waals surface area contributed by atoms with Gasteiger partial charge in [0.05, 0.1) is 6.61 Å². The Morgan fingerprint density at radius 1 is 1.75 bits per heavy atom. The summed E-state index contributed by atoms with van der Waals surface area (Å²) in [6, 6.07) is 0. The first kappa shape index (κ1) is 7.68. The van der Waals surface area contributed by atoms with Crippen molar-refractivity contribution in [3.05, 3.63) is 10.1 Å². The van der Waals surface area contributed by atoms with E-state index in [1.165, 1.54) is 0 Å². The van der Waals surface area contributed by atoms with E-state index in [2.05, 4.69) is 20.8 Å². The fraction of sp³-hybridized carbons (Fsp3) is 1.00. The van der Waals surface area contributed by atoms with Crippen molar-refractivity contribution >= 4 is 15.9 Å². The van der Waals surface area contributed by atoms with Crippen LogP contribution in [0, 0.1) is 10.1 Å². The molecule has 48 valence electrons. The molecule has 0 fully saturated rings. The molecule has 0 aliphatic heterocycles. The van der Waals surface area contributed by atoms with Gasteiger partial charge in [-0.05, 0) is 6.42 Å². The maximum absolute atomic E-state index is 9.44. The highest BCUT2D eigenvalue weighted by Gasteiger charge is 1.90. The third kappa shape index (κ3) is 5.68. The number of rotatable bonds is 4. The second kappa shape index (κ2) is 4.83. The summed E-state index contributed by atoms with van der Waals surface area (Å²) in [5.74, 6) is 0. The van der Waals surface area contributed by atoms with Crippen LogP contribution in [0.5, 0.6) is 0 Å². The number of hydrogen-bond donors (Lipinski definition) is 0. The molecule has 0 heterocycles. The van der Waals surface area contributed by atoms with Crippen LogP contribution in [0.15, 0.2) is 0 Å². The Balaban J connectivity index is 2.82. The van der Waals surface area contributed by atoms with Crippen LogP contribution in [0.2, 0.25) is 0 Å². The molecule has 0 N–H and O–H groups in total. The van der Waals surface area contributed by atoms with Crippen molar-refractivity contribution in [2.75, 3.05) is 11.9 Å². The van der Waals surface area contributed by atoms with Crippen LogP contribution >= 0.6 is 15.9 Å². The minimum Gasteiger partial charge on any atom is -0.314 e. The zero-order chi connectivity index (χ0) is 6.41. The van der Waals surface area contributed by atoms with Crippen LogP contribution in [0.4, 0.5) is 0 Å². The van der Waals surface area contributed by atoms with Crippen LogP contribution in [0.1, 0.15) is 6.42 Å². The molecule has 8 heavy (non-hydrogen) atoms. The molecule has 0 spiro atoms. The highest BCUT2D eigenvalue weighted by Crippen LogP contribution is 1.87. The molecular weight excluding hydrogens is 178 g/mol. The predicted octanol–water partition coefficient (Wildman–Crippen LogP) is 0.980. The Labute approximate surface area is 55.1 Å². The molecular formula is C3H6BrNO3. The zero-order valence-corrected chi connectivity index (χ0v) is 5.76. The van der Waals surface area contributed by atoms with Gasteiger partial charge in [0.1, 0.15) is 0 Å². The fourth-order valence-corrected chi connectivity index (χ4v) is 0.423. The van der Waals surface area contributed by atoms with Gasteiger partial charge >= 0.3 is 0 Å². The van der Waals surface area contributed by atoms with E-state index < -0.39 is 5.09 Å². The zero-order valence-electron chi connectivity index (χ0n) is 4.17. The summed E-state index contributed by atoms with van der Waals surface area (Å²) in [6.07, 6.45) is 0.668. The minimum atomic E-state index is -0.789. The normalized spacial score (nSPS) is 8.62. The molecule has 0 bridgehead atoms. The molecule has 0 amide bonds. The van der Waals surface area contributed by atoms with E-state index in [0.29, 0.717) is 6.42 Å². The molecule has 0 unspecified atom stereocenters. The Kier molecular flexibility index (Phi) is 4.64. The van der Waals surface area contributed by atoms with Crippen LogP contribution in [-0.2, 0) is 4.84 Å². The summed E-state index contributed by atoms with van der Waals surface area (Å²) in [7, 11) is 0. The average molecular weight is 184 g/mol. The van der Waals surface area contributed by atoms with E-state index in [1.54, 1.807) is 0 Å². The molecule has 5 heteroatoms. The maximum Gasteiger partial charge on any atom is 0.294 e. The Hall–Kier alpha value is -0.320. The molecule has 0 atom stereocenters. The third-order valence-electron chi connectivity index (χ3n) is 0.475. The SMILES string of the molecule is O=[N+]([O-])OCCCBr. The van der Waals surface area contributed by atoms with Gasteiger partial charge in [-0.25, -0.2) is 0 Å². The average Bonchev–Trinajstić information content (AvgIpc) is 1.66. The molecule has 0 rings (SSSR count). The summed E-state index contributed by atoms with van der Waals surface area (Å²) in [5, 5.41) is 9.39. The van der Waals surface area contributed by atoms with Gasteiger partial charge in [0, 0.05) is 5.33 Å². The van der Waals surface area contributed by atoms with E-state index >= 15 is 0 Å². The summed E-state index contributed by atoms with van der Waals surface area (Å²) in [4.78, 5) is 13.4. The van der Waals surface area contributed by atoms with Crippen molar-refractivity contribution in [1.29, 1.82) is 0 Å². The Morgan fingerprint density at radius 3 is 2.75 bits per heavy atom. The Bertz CT molecular complexity index is 76.9. The largest absolute Gasteiger partial charge is 0.314 e. The summed E-state index contributed by atoms with van der Waals surface area (Å²) < 4.78 is 0. The Morgan fingerprint density at radius 2 is 2.38 bits per heavy atom. The van der Waals surface area contributed by atoms with Gasteiger partial charge < -0.3 is 4.84 Å². The molecule has 0 aliphatic rings. The molecule has 0 aromatic carbocycles. The lowest BCUT2D eigenvalue weighted by Gasteiger charge is -1.91. The number of alkyl halides is 1. The van der Waals surface area contributed by atoms with Crippen molar-refractivity contribution in [1.82, 2.24) is 0 Å². The summed E-state index contributed by atoms with van der Waals surface area (Å²) in [6.45, 7) is 0.179. The summed E-state index contributed by atoms with van der Waals surface area (Å²) in [5.41, 5.74) is 0.